The van der Waals surface area contributed by atoms with Crippen molar-refractivity contribution < 1.29 is 13.2 Å². The van der Waals surface area contributed by atoms with Crippen LogP contribution in [0.3, 0.4) is 0 Å². The Morgan fingerprint density at radius 1 is 1.24 bits per heavy atom. The number of H-pyrrole nitrogens is 1. The minimum Gasteiger partial charge on any atom is -0.497 e. The molecular weight excluding hydrogens is 388 g/mol. The number of hydrogen-bond donors (Lipinski definition) is 1. The van der Waals surface area contributed by atoms with Gasteiger partial charge in [-0.2, -0.15) is 9.40 Å². The van der Waals surface area contributed by atoms with Crippen LogP contribution >= 0.6 is 0 Å². The van der Waals surface area contributed by atoms with Crippen molar-refractivity contribution in [2.45, 2.75) is 30.1 Å². The molecule has 1 N–H and O–H groups in total. The summed E-state index contributed by atoms with van der Waals surface area (Å²) in [7, 11) is -1.87. The van der Waals surface area contributed by atoms with E-state index in [1.54, 1.807) is 11.4 Å². The Labute approximate surface area is 170 Å². The lowest BCUT2D eigenvalue weighted by molar-refractivity contribution is 0.312. The number of benzene rings is 1. The average molecular weight is 413 g/mol. The van der Waals surface area contributed by atoms with Gasteiger partial charge in [0.2, 0.25) is 10.0 Å². The SMILES string of the molecule is COc1cccc(Cc2cccc([C@H]3CCCN(S(=O)(=O)c4cn[nH]c4)C3)n2)c1. The molecule has 0 spiro atoms. The third-order valence-electron chi connectivity index (χ3n) is 5.26. The van der Waals surface area contributed by atoms with Crippen molar-refractivity contribution in [3.8, 4) is 5.75 Å². The second kappa shape index (κ2) is 8.34. The van der Waals surface area contributed by atoms with Gasteiger partial charge in [-0.3, -0.25) is 10.1 Å². The highest BCUT2D eigenvalue weighted by atomic mass is 32.2. The molecule has 1 atom stereocenters. The van der Waals surface area contributed by atoms with Crippen molar-refractivity contribution in [1.82, 2.24) is 19.5 Å². The maximum atomic E-state index is 12.8. The van der Waals surface area contributed by atoms with Crippen LogP contribution in [0.15, 0.2) is 59.8 Å². The maximum absolute atomic E-state index is 12.8. The lowest BCUT2D eigenvalue weighted by Gasteiger charge is -2.31. The second-order valence-electron chi connectivity index (χ2n) is 7.22. The van der Waals surface area contributed by atoms with Gasteiger partial charge in [0.05, 0.1) is 13.3 Å². The van der Waals surface area contributed by atoms with Crippen LogP contribution in [-0.4, -0.2) is 48.1 Å². The zero-order valence-corrected chi connectivity index (χ0v) is 17.1. The van der Waals surface area contributed by atoms with E-state index in [4.69, 9.17) is 9.72 Å². The molecule has 0 radical (unpaired) electrons. The summed E-state index contributed by atoms with van der Waals surface area (Å²) in [4.78, 5) is 5.05. The van der Waals surface area contributed by atoms with Gasteiger partial charge in [-0.15, -0.1) is 0 Å². The first-order chi connectivity index (χ1) is 14.1. The van der Waals surface area contributed by atoms with Crippen molar-refractivity contribution >= 4 is 10.0 Å². The van der Waals surface area contributed by atoms with Gasteiger partial charge >= 0.3 is 0 Å². The van der Waals surface area contributed by atoms with Crippen LogP contribution in [0.2, 0.25) is 0 Å². The van der Waals surface area contributed by atoms with Crippen molar-refractivity contribution in [1.29, 1.82) is 0 Å². The van der Waals surface area contributed by atoms with E-state index in [0.29, 0.717) is 19.5 Å². The van der Waals surface area contributed by atoms with E-state index in [1.165, 1.54) is 12.4 Å². The molecule has 0 unspecified atom stereocenters. The zero-order chi connectivity index (χ0) is 20.3. The molecule has 2 aromatic heterocycles. The Balaban J connectivity index is 1.52. The highest BCUT2D eigenvalue weighted by Gasteiger charge is 2.32. The fraction of sp³-hybridized carbons (Fsp3) is 0.333. The van der Waals surface area contributed by atoms with Crippen LogP contribution in [0, 0.1) is 0 Å². The third kappa shape index (κ3) is 4.33. The van der Waals surface area contributed by atoms with Crippen molar-refractivity contribution in [2.24, 2.45) is 0 Å². The number of pyridine rings is 1. The molecule has 1 aliphatic rings. The van der Waals surface area contributed by atoms with E-state index in [-0.39, 0.29) is 10.8 Å². The molecule has 1 aromatic carbocycles. The van der Waals surface area contributed by atoms with E-state index in [1.807, 2.05) is 36.4 Å². The fourth-order valence-corrected chi connectivity index (χ4v) is 5.18. The molecule has 29 heavy (non-hydrogen) atoms. The van der Waals surface area contributed by atoms with E-state index >= 15 is 0 Å². The molecule has 0 amide bonds. The Hall–Kier alpha value is -2.71. The highest BCUT2D eigenvalue weighted by molar-refractivity contribution is 7.89. The van der Waals surface area contributed by atoms with E-state index in [0.717, 1.165) is 35.5 Å². The molecule has 3 heterocycles. The van der Waals surface area contributed by atoms with E-state index in [9.17, 15) is 8.42 Å². The first-order valence-electron chi connectivity index (χ1n) is 9.64. The van der Waals surface area contributed by atoms with E-state index < -0.39 is 10.0 Å². The molecule has 1 saturated heterocycles. The van der Waals surface area contributed by atoms with Gasteiger partial charge in [-0.25, -0.2) is 8.42 Å². The smallest absolute Gasteiger partial charge is 0.246 e. The number of sulfonamides is 1. The number of ether oxygens (including phenoxy) is 1. The van der Waals surface area contributed by atoms with Gasteiger partial charge in [0, 0.05) is 43.0 Å². The summed E-state index contributed by atoms with van der Waals surface area (Å²) in [6.07, 6.45) is 5.21. The van der Waals surface area contributed by atoms with Crippen molar-refractivity contribution in [3.63, 3.8) is 0 Å². The van der Waals surface area contributed by atoms with Gasteiger partial charge < -0.3 is 4.74 Å². The van der Waals surface area contributed by atoms with E-state index in [2.05, 4.69) is 16.3 Å². The summed E-state index contributed by atoms with van der Waals surface area (Å²) in [6.45, 7) is 0.955. The largest absolute Gasteiger partial charge is 0.497 e. The number of rotatable bonds is 6. The topological polar surface area (TPSA) is 88.2 Å². The molecule has 8 heteroatoms. The predicted octanol–water partition coefficient (Wildman–Crippen LogP) is 2.97. The quantitative estimate of drug-likeness (QED) is 0.672. The summed E-state index contributed by atoms with van der Waals surface area (Å²) < 4.78 is 32.5. The summed E-state index contributed by atoms with van der Waals surface area (Å²) in [5.41, 5.74) is 3.03. The van der Waals surface area contributed by atoms with Crippen LogP contribution in [-0.2, 0) is 16.4 Å². The molecule has 7 nitrogen and oxygen atoms in total. The molecule has 0 aliphatic carbocycles. The molecule has 4 rings (SSSR count). The summed E-state index contributed by atoms with van der Waals surface area (Å²) in [5.74, 6) is 0.904. The minimum atomic E-state index is -3.53. The molecule has 1 aliphatic heterocycles. The zero-order valence-electron chi connectivity index (χ0n) is 16.3. The number of aromatic nitrogens is 3. The summed E-state index contributed by atoms with van der Waals surface area (Å²) in [6, 6.07) is 14.0. The average Bonchev–Trinajstić information content (AvgIpc) is 3.30. The standard InChI is InChI=1S/C21H24N4O3S/c1-28-19-8-2-5-16(12-19)11-18-7-3-9-21(24-18)17-6-4-10-25(15-17)29(26,27)20-13-22-23-14-20/h2-3,5,7-9,12-14,17H,4,6,10-11,15H2,1H3,(H,22,23)/t17-/m0/s1. The normalized spacial score (nSPS) is 17.9. The lowest BCUT2D eigenvalue weighted by atomic mass is 9.95. The van der Waals surface area contributed by atoms with Crippen molar-refractivity contribution in [2.75, 3.05) is 20.2 Å². The molecule has 152 valence electrons. The molecular formula is C21H24N4O3S. The Morgan fingerprint density at radius 3 is 2.90 bits per heavy atom. The number of piperidine rings is 1. The Kier molecular flexibility index (Phi) is 5.64. The van der Waals surface area contributed by atoms with Gasteiger partial charge in [-0.05, 0) is 42.7 Å². The maximum Gasteiger partial charge on any atom is 0.246 e. The van der Waals surface area contributed by atoms with Gasteiger partial charge in [-0.1, -0.05) is 18.2 Å². The number of hydrogen-bond acceptors (Lipinski definition) is 5. The second-order valence-corrected chi connectivity index (χ2v) is 9.16. The van der Waals surface area contributed by atoms with Gasteiger partial charge in [0.1, 0.15) is 10.6 Å². The highest BCUT2D eigenvalue weighted by Crippen LogP contribution is 2.29. The van der Waals surface area contributed by atoms with Crippen LogP contribution in [0.4, 0.5) is 0 Å². The van der Waals surface area contributed by atoms with Crippen LogP contribution in [0.1, 0.15) is 35.7 Å². The van der Waals surface area contributed by atoms with Crippen LogP contribution in [0.5, 0.6) is 5.75 Å². The van der Waals surface area contributed by atoms with Crippen LogP contribution in [0.25, 0.3) is 0 Å². The first kappa shape index (κ1) is 19.6. The molecule has 0 saturated carbocycles. The number of methoxy groups -OCH3 is 1. The third-order valence-corrected chi connectivity index (χ3v) is 7.09. The number of nitrogens with zero attached hydrogens (tertiary/aromatic N) is 3. The van der Waals surface area contributed by atoms with Crippen molar-refractivity contribution in [3.05, 3.63) is 71.8 Å². The minimum absolute atomic E-state index is 0.0793. The Bertz CT molecular complexity index is 1070. The summed E-state index contributed by atoms with van der Waals surface area (Å²) >= 11 is 0. The molecule has 3 aromatic rings. The fourth-order valence-electron chi connectivity index (χ4n) is 3.75. The van der Waals surface area contributed by atoms with Gasteiger partial charge in [0.25, 0.3) is 0 Å². The number of nitrogens with one attached hydrogen (secondary N) is 1. The van der Waals surface area contributed by atoms with Gasteiger partial charge in [0.15, 0.2) is 0 Å². The monoisotopic (exact) mass is 412 g/mol. The van der Waals surface area contributed by atoms with Crippen LogP contribution < -0.4 is 4.74 Å². The predicted molar refractivity (Wildman–Crippen MR) is 109 cm³/mol. The molecule has 0 bridgehead atoms. The lowest BCUT2D eigenvalue weighted by Crippen LogP contribution is -2.39. The number of aromatic amines is 1. The molecule has 1 fully saturated rings. The summed E-state index contributed by atoms with van der Waals surface area (Å²) in [5, 5.41) is 6.35. The first-order valence-corrected chi connectivity index (χ1v) is 11.1. The Morgan fingerprint density at radius 2 is 2.10 bits per heavy atom.